The first-order valence-electron chi connectivity index (χ1n) is 6.25. The van der Waals surface area contributed by atoms with Crippen molar-refractivity contribution in [2.75, 3.05) is 25.1 Å². The van der Waals surface area contributed by atoms with E-state index in [4.69, 9.17) is 4.74 Å². The molecule has 1 aromatic carbocycles. The van der Waals surface area contributed by atoms with Gasteiger partial charge in [0.15, 0.2) is 0 Å². The number of nitrogens with one attached hydrogen (secondary N) is 1. The molecule has 0 atom stereocenters. The van der Waals surface area contributed by atoms with Crippen molar-refractivity contribution in [1.29, 1.82) is 0 Å². The number of ether oxygens (including phenoxy) is 1. The predicted octanol–water partition coefficient (Wildman–Crippen LogP) is 2.96. The number of nitro benzene ring substituents is 1. The number of nitro groups is 1. The maximum Gasteiger partial charge on any atom is 0.274 e. The molecule has 6 heteroatoms. The summed E-state index contributed by atoms with van der Waals surface area (Å²) in [6.45, 7) is 4.23. The number of benzene rings is 1. The summed E-state index contributed by atoms with van der Waals surface area (Å²) in [5.74, 6) is -0.603. The number of rotatable bonds is 4. The molecule has 0 spiro atoms. The van der Waals surface area contributed by atoms with Gasteiger partial charge in [-0.1, -0.05) is 6.92 Å². The highest BCUT2D eigenvalue weighted by Crippen LogP contribution is 2.30. The van der Waals surface area contributed by atoms with Crippen LogP contribution in [0, 0.1) is 21.3 Å². The van der Waals surface area contributed by atoms with Gasteiger partial charge in [0.25, 0.3) is 5.69 Å². The van der Waals surface area contributed by atoms with Crippen molar-refractivity contribution < 1.29 is 14.1 Å². The van der Waals surface area contributed by atoms with Crippen molar-refractivity contribution in [2.45, 2.75) is 19.8 Å². The Morgan fingerprint density at radius 2 is 2.11 bits per heavy atom. The summed E-state index contributed by atoms with van der Waals surface area (Å²) in [6.07, 6.45) is 1.86. The molecule has 0 aromatic heterocycles. The van der Waals surface area contributed by atoms with Gasteiger partial charge in [0.05, 0.1) is 11.0 Å². The van der Waals surface area contributed by atoms with Gasteiger partial charge < -0.3 is 10.1 Å². The molecule has 1 aliphatic heterocycles. The van der Waals surface area contributed by atoms with Crippen LogP contribution in [-0.4, -0.2) is 24.7 Å². The maximum absolute atomic E-state index is 13.3. The van der Waals surface area contributed by atoms with Gasteiger partial charge in [-0.2, -0.15) is 0 Å². The summed E-state index contributed by atoms with van der Waals surface area (Å²) in [4.78, 5) is 10.1. The van der Waals surface area contributed by atoms with Gasteiger partial charge in [0.2, 0.25) is 0 Å². The Morgan fingerprint density at radius 1 is 1.42 bits per heavy atom. The minimum atomic E-state index is -0.603. The van der Waals surface area contributed by atoms with Gasteiger partial charge in [-0.05, 0) is 24.3 Å². The lowest BCUT2D eigenvalue weighted by Crippen LogP contribution is -2.33. The van der Waals surface area contributed by atoms with Crippen LogP contribution in [0.15, 0.2) is 18.2 Å². The molecule has 0 amide bonds. The highest BCUT2D eigenvalue weighted by molar-refractivity contribution is 5.51. The quantitative estimate of drug-likeness (QED) is 0.673. The Hall–Kier alpha value is -1.69. The van der Waals surface area contributed by atoms with Crippen LogP contribution in [0.4, 0.5) is 15.8 Å². The summed E-state index contributed by atoms with van der Waals surface area (Å²) in [6, 6.07) is 3.54. The van der Waals surface area contributed by atoms with Crippen molar-refractivity contribution >= 4 is 11.4 Å². The minimum absolute atomic E-state index is 0.0827. The van der Waals surface area contributed by atoms with Crippen LogP contribution in [-0.2, 0) is 4.74 Å². The minimum Gasteiger partial charge on any atom is -0.384 e. The summed E-state index contributed by atoms with van der Waals surface area (Å²) < 4.78 is 18.6. The maximum atomic E-state index is 13.3. The van der Waals surface area contributed by atoms with Crippen LogP contribution in [0.25, 0.3) is 0 Å². The van der Waals surface area contributed by atoms with E-state index in [9.17, 15) is 14.5 Å². The van der Waals surface area contributed by atoms with E-state index in [0.717, 1.165) is 32.1 Å². The first kappa shape index (κ1) is 13.7. The molecule has 1 heterocycles. The first-order chi connectivity index (χ1) is 8.98. The molecule has 2 rings (SSSR count). The Balaban J connectivity index is 2.04. The monoisotopic (exact) mass is 268 g/mol. The molecule has 5 nitrogen and oxygen atoms in total. The number of anilines is 1. The molecule has 0 saturated carbocycles. The third kappa shape index (κ3) is 3.64. The van der Waals surface area contributed by atoms with Gasteiger partial charge in [0, 0.05) is 31.5 Å². The molecular formula is C13H17FN2O3. The van der Waals surface area contributed by atoms with Crippen LogP contribution in [0.5, 0.6) is 0 Å². The largest absolute Gasteiger partial charge is 0.384 e. The normalized spacial score (nSPS) is 18.0. The van der Waals surface area contributed by atoms with Crippen molar-refractivity contribution in [3.8, 4) is 0 Å². The molecule has 0 unspecified atom stereocenters. The molecule has 1 aliphatic rings. The molecule has 0 aliphatic carbocycles. The van der Waals surface area contributed by atoms with Crippen molar-refractivity contribution in [2.24, 2.45) is 5.41 Å². The molecule has 1 N–H and O–H groups in total. The van der Waals surface area contributed by atoms with Crippen LogP contribution < -0.4 is 5.32 Å². The molecule has 1 fully saturated rings. The number of nitrogens with zero attached hydrogens (tertiary/aromatic N) is 1. The van der Waals surface area contributed by atoms with E-state index in [1.165, 1.54) is 12.1 Å². The van der Waals surface area contributed by atoms with Crippen LogP contribution in [0.1, 0.15) is 19.8 Å². The fourth-order valence-electron chi connectivity index (χ4n) is 2.14. The van der Waals surface area contributed by atoms with Crippen molar-refractivity contribution in [3.05, 3.63) is 34.1 Å². The van der Waals surface area contributed by atoms with Crippen molar-refractivity contribution in [1.82, 2.24) is 0 Å². The van der Waals surface area contributed by atoms with E-state index in [2.05, 4.69) is 12.2 Å². The molecule has 0 bridgehead atoms. The smallest absolute Gasteiger partial charge is 0.274 e. The molecule has 1 aromatic rings. The Bertz CT molecular complexity index is 473. The molecule has 104 valence electrons. The third-order valence-electron chi connectivity index (χ3n) is 3.51. The van der Waals surface area contributed by atoms with Gasteiger partial charge in [0.1, 0.15) is 5.82 Å². The molecule has 19 heavy (non-hydrogen) atoms. The lowest BCUT2D eigenvalue weighted by molar-refractivity contribution is -0.385. The van der Waals surface area contributed by atoms with E-state index in [0.29, 0.717) is 12.2 Å². The lowest BCUT2D eigenvalue weighted by atomic mass is 9.82. The van der Waals surface area contributed by atoms with Gasteiger partial charge in [-0.15, -0.1) is 0 Å². The zero-order valence-corrected chi connectivity index (χ0v) is 10.8. The Labute approximate surface area is 110 Å². The predicted molar refractivity (Wildman–Crippen MR) is 69.7 cm³/mol. The molecular weight excluding hydrogens is 251 g/mol. The van der Waals surface area contributed by atoms with E-state index >= 15 is 0 Å². The van der Waals surface area contributed by atoms with Gasteiger partial charge in [-0.25, -0.2) is 4.39 Å². The number of non-ortho nitro benzene ring substituents is 1. The Morgan fingerprint density at radius 3 is 2.74 bits per heavy atom. The highest BCUT2D eigenvalue weighted by atomic mass is 19.1. The first-order valence-corrected chi connectivity index (χ1v) is 6.25. The third-order valence-corrected chi connectivity index (χ3v) is 3.51. The zero-order chi connectivity index (χ0) is 13.9. The summed E-state index contributed by atoms with van der Waals surface area (Å²) in [7, 11) is 0. The Kier molecular flexibility index (Phi) is 3.99. The molecule has 1 saturated heterocycles. The number of halogens is 1. The summed E-state index contributed by atoms with van der Waals surface area (Å²) in [5.41, 5.74) is 0.290. The van der Waals surface area contributed by atoms with Gasteiger partial charge in [-0.3, -0.25) is 10.1 Å². The SMILES string of the molecule is CC1(CNc2cc(F)cc([N+](=O)[O-])c2)CCOCC1. The lowest BCUT2D eigenvalue weighted by Gasteiger charge is -2.33. The van der Waals surface area contributed by atoms with Crippen LogP contribution >= 0.6 is 0 Å². The fourth-order valence-corrected chi connectivity index (χ4v) is 2.14. The van der Waals surface area contributed by atoms with Crippen molar-refractivity contribution in [3.63, 3.8) is 0 Å². The average Bonchev–Trinajstić information content (AvgIpc) is 2.37. The fraction of sp³-hybridized carbons (Fsp3) is 0.538. The topological polar surface area (TPSA) is 64.4 Å². The second kappa shape index (κ2) is 5.52. The average molecular weight is 268 g/mol. The number of hydrogen-bond donors (Lipinski definition) is 1. The second-order valence-electron chi connectivity index (χ2n) is 5.23. The van der Waals surface area contributed by atoms with Gasteiger partial charge >= 0.3 is 0 Å². The van der Waals surface area contributed by atoms with E-state index in [1.54, 1.807) is 0 Å². The van der Waals surface area contributed by atoms with E-state index < -0.39 is 10.7 Å². The second-order valence-corrected chi connectivity index (χ2v) is 5.23. The number of hydrogen-bond acceptors (Lipinski definition) is 4. The molecule has 0 radical (unpaired) electrons. The van der Waals surface area contributed by atoms with Crippen LogP contribution in [0.3, 0.4) is 0 Å². The van der Waals surface area contributed by atoms with E-state index in [-0.39, 0.29) is 11.1 Å². The van der Waals surface area contributed by atoms with Crippen LogP contribution in [0.2, 0.25) is 0 Å². The zero-order valence-electron chi connectivity index (χ0n) is 10.8. The summed E-state index contributed by atoms with van der Waals surface area (Å²) >= 11 is 0. The highest BCUT2D eigenvalue weighted by Gasteiger charge is 2.27. The summed E-state index contributed by atoms with van der Waals surface area (Å²) in [5, 5.41) is 13.8. The standard InChI is InChI=1S/C13H17FN2O3/c1-13(2-4-19-5-3-13)9-15-11-6-10(14)7-12(8-11)16(17)18/h6-8,15H,2-5,9H2,1H3. The van der Waals surface area contributed by atoms with E-state index in [1.807, 2.05) is 0 Å².